The number of hydrogen-bond donors (Lipinski definition) is 1. The molecule has 0 aromatic carbocycles. The Balaban J connectivity index is 2.00. The lowest BCUT2D eigenvalue weighted by Gasteiger charge is -2.18. The Morgan fingerprint density at radius 1 is 1.38 bits per heavy atom. The standard InChI is InChI=1S/C14H20N4O3/c1-14(2,13(20)21)6-4-5-7-18-9-15-11-10(12(18)19)8-16-17(11)3/h8-9H,4-7H2,1-3H3,(H,20,21). The summed E-state index contributed by atoms with van der Waals surface area (Å²) in [6.07, 6.45) is 5.12. The molecule has 1 N–H and O–H groups in total. The van der Waals surface area contributed by atoms with Crippen LogP contribution in [-0.2, 0) is 18.4 Å². The lowest BCUT2D eigenvalue weighted by molar-refractivity contribution is -0.147. The molecule has 2 rings (SSSR count). The van der Waals surface area contributed by atoms with E-state index < -0.39 is 11.4 Å². The molecule has 2 heterocycles. The second kappa shape index (κ2) is 5.67. The zero-order valence-corrected chi connectivity index (χ0v) is 12.5. The van der Waals surface area contributed by atoms with Crippen LogP contribution in [-0.4, -0.2) is 30.4 Å². The van der Waals surface area contributed by atoms with Crippen LogP contribution in [0.2, 0.25) is 0 Å². The highest BCUT2D eigenvalue weighted by molar-refractivity contribution is 5.73. The van der Waals surface area contributed by atoms with Crippen molar-refractivity contribution in [2.45, 2.75) is 39.7 Å². The van der Waals surface area contributed by atoms with E-state index in [0.717, 1.165) is 12.8 Å². The smallest absolute Gasteiger partial charge is 0.309 e. The molecule has 2 aromatic heterocycles. The molecule has 0 radical (unpaired) electrons. The highest BCUT2D eigenvalue weighted by Gasteiger charge is 2.26. The van der Waals surface area contributed by atoms with Gasteiger partial charge in [-0.3, -0.25) is 18.8 Å². The summed E-state index contributed by atoms with van der Waals surface area (Å²) < 4.78 is 3.12. The van der Waals surface area contributed by atoms with E-state index in [0.29, 0.717) is 24.0 Å². The number of carboxylic acid groups (broad SMARTS) is 1. The van der Waals surface area contributed by atoms with Gasteiger partial charge in [0.15, 0.2) is 5.65 Å². The first-order chi connectivity index (χ1) is 9.83. The van der Waals surface area contributed by atoms with Crippen LogP contribution in [0.15, 0.2) is 17.3 Å². The molecule has 2 aromatic rings. The minimum atomic E-state index is -0.793. The third kappa shape index (κ3) is 3.12. The van der Waals surface area contributed by atoms with E-state index in [4.69, 9.17) is 5.11 Å². The molecule has 0 amide bonds. The average molecular weight is 292 g/mol. The molecule has 0 aliphatic heterocycles. The van der Waals surface area contributed by atoms with Gasteiger partial charge < -0.3 is 5.11 Å². The molecular formula is C14H20N4O3. The zero-order valence-electron chi connectivity index (χ0n) is 12.5. The Bertz CT molecular complexity index is 715. The van der Waals surface area contributed by atoms with Crippen molar-refractivity contribution in [2.24, 2.45) is 12.5 Å². The average Bonchev–Trinajstić information content (AvgIpc) is 2.79. The molecule has 0 atom stereocenters. The lowest BCUT2D eigenvalue weighted by Crippen LogP contribution is -2.24. The first-order valence-electron chi connectivity index (χ1n) is 6.93. The van der Waals surface area contributed by atoms with Crippen molar-refractivity contribution in [3.05, 3.63) is 22.9 Å². The van der Waals surface area contributed by atoms with Gasteiger partial charge in [0, 0.05) is 13.6 Å². The van der Waals surface area contributed by atoms with Gasteiger partial charge in [-0.25, -0.2) is 4.98 Å². The molecule has 0 fully saturated rings. The molecule has 7 heteroatoms. The topological polar surface area (TPSA) is 90.0 Å². The van der Waals surface area contributed by atoms with Crippen molar-refractivity contribution < 1.29 is 9.90 Å². The monoisotopic (exact) mass is 292 g/mol. The third-order valence-corrected chi connectivity index (χ3v) is 3.75. The number of aryl methyl sites for hydroxylation is 2. The van der Waals surface area contributed by atoms with Crippen LogP contribution < -0.4 is 5.56 Å². The number of nitrogens with zero attached hydrogens (tertiary/aromatic N) is 4. The van der Waals surface area contributed by atoms with E-state index in [1.165, 1.54) is 12.5 Å². The van der Waals surface area contributed by atoms with Gasteiger partial charge in [-0.15, -0.1) is 0 Å². The fourth-order valence-corrected chi connectivity index (χ4v) is 2.18. The summed E-state index contributed by atoms with van der Waals surface area (Å²) in [7, 11) is 1.74. The molecule has 0 aliphatic rings. The van der Waals surface area contributed by atoms with Crippen molar-refractivity contribution in [3.63, 3.8) is 0 Å². The quantitative estimate of drug-likeness (QED) is 0.813. The Morgan fingerprint density at radius 2 is 2.10 bits per heavy atom. The maximum Gasteiger partial charge on any atom is 0.309 e. The van der Waals surface area contributed by atoms with Crippen molar-refractivity contribution in [1.29, 1.82) is 0 Å². The Morgan fingerprint density at radius 3 is 2.76 bits per heavy atom. The van der Waals surface area contributed by atoms with Crippen LogP contribution in [0.5, 0.6) is 0 Å². The summed E-state index contributed by atoms with van der Waals surface area (Å²) in [5.41, 5.74) is -0.259. The molecule has 0 saturated heterocycles. The third-order valence-electron chi connectivity index (χ3n) is 3.75. The number of rotatable bonds is 6. The number of aromatic nitrogens is 4. The predicted octanol–water partition coefficient (Wildman–Crippen LogP) is 1.41. The van der Waals surface area contributed by atoms with E-state index in [1.807, 2.05) is 0 Å². The van der Waals surface area contributed by atoms with E-state index in [9.17, 15) is 9.59 Å². The normalized spacial score (nSPS) is 12.0. The highest BCUT2D eigenvalue weighted by Crippen LogP contribution is 2.23. The van der Waals surface area contributed by atoms with Crippen molar-refractivity contribution >= 4 is 17.0 Å². The van der Waals surface area contributed by atoms with Crippen LogP contribution in [0.4, 0.5) is 0 Å². The number of hydrogen-bond acceptors (Lipinski definition) is 4. The van der Waals surface area contributed by atoms with Crippen LogP contribution in [0.1, 0.15) is 33.1 Å². The molecule has 0 saturated carbocycles. The van der Waals surface area contributed by atoms with Gasteiger partial charge >= 0.3 is 5.97 Å². The van der Waals surface area contributed by atoms with E-state index in [1.54, 1.807) is 30.1 Å². The van der Waals surface area contributed by atoms with Gasteiger partial charge in [-0.05, 0) is 26.7 Å². The van der Waals surface area contributed by atoms with Gasteiger partial charge in [-0.1, -0.05) is 6.42 Å². The van der Waals surface area contributed by atoms with E-state index >= 15 is 0 Å². The minimum Gasteiger partial charge on any atom is -0.481 e. The van der Waals surface area contributed by atoms with Crippen LogP contribution in [0, 0.1) is 5.41 Å². The van der Waals surface area contributed by atoms with Crippen molar-refractivity contribution in [3.8, 4) is 0 Å². The molecule has 0 unspecified atom stereocenters. The summed E-state index contributed by atoms with van der Waals surface area (Å²) >= 11 is 0. The second-order valence-corrected chi connectivity index (χ2v) is 5.89. The van der Waals surface area contributed by atoms with Crippen molar-refractivity contribution in [2.75, 3.05) is 0 Å². The highest BCUT2D eigenvalue weighted by atomic mass is 16.4. The molecule has 7 nitrogen and oxygen atoms in total. The van der Waals surface area contributed by atoms with Gasteiger partial charge in [0.1, 0.15) is 5.39 Å². The largest absolute Gasteiger partial charge is 0.481 e. The van der Waals surface area contributed by atoms with Gasteiger partial charge in [-0.2, -0.15) is 5.10 Å². The SMILES string of the molecule is Cn1ncc2c(=O)n(CCCCC(C)(C)C(=O)O)cnc21. The molecule has 0 aliphatic carbocycles. The summed E-state index contributed by atoms with van der Waals surface area (Å²) in [5.74, 6) is -0.793. The summed E-state index contributed by atoms with van der Waals surface area (Å²) in [6.45, 7) is 3.96. The number of aliphatic carboxylic acids is 1. The first-order valence-corrected chi connectivity index (χ1v) is 6.93. The molecule has 114 valence electrons. The minimum absolute atomic E-state index is 0.106. The Hall–Kier alpha value is -2.18. The summed E-state index contributed by atoms with van der Waals surface area (Å²) in [6, 6.07) is 0. The first kappa shape index (κ1) is 15.2. The fourth-order valence-electron chi connectivity index (χ4n) is 2.18. The van der Waals surface area contributed by atoms with Gasteiger partial charge in [0.05, 0.1) is 17.9 Å². The molecule has 0 bridgehead atoms. The van der Waals surface area contributed by atoms with Crippen LogP contribution in [0.25, 0.3) is 11.0 Å². The maximum absolute atomic E-state index is 12.2. The maximum atomic E-state index is 12.2. The molecular weight excluding hydrogens is 272 g/mol. The summed E-state index contributed by atoms with van der Waals surface area (Å²) in [5, 5.41) is 13.6. The van der Waals surface area contributed by atoms with Crippen LogP contribution >= 0.6 is 0 Å². The van der Waals surface area contributed by atoms with Gasteiger partial charge in [0.2, 0.25) is 0 Å². The number of carbonyl (C=O) groups is 1. The Kier molecular flexibility index (Phi) is 4.11. The van der Waals surface area contributed by atoms with E-state index in [2.05, 4.69) is 10.1 Å². The van der Waals surface area contributed by atoms with E-state index in [-0.39, 0.29) is 5.56 Å². The fraction of sp³-hybridized carbons (Fsp3) is 0.571. The van der Waals surface area contributed by atoms with Crippen molar-refractivity contribution in [1.82, 2.24) is 19.3 Å². The molecule has 21 heavy (non-hydrogen) atoms. The second-order valence-electron chi connectivity index (χ2n) is 5.89. The van der Waals surface area contributed by atoms with Crippen LogP contribution in [0.3, 0.4) is 0 Å². The number of unbranched alkanes of at least 4 members (excludes halogenated alkanes) is 1. The zero-order chi connectivity index (χ0) is 15.6. The number of carboxylic acids is 1. The molecule has 0 spiro atoms. The van der Waals surface area contributed by atoms with Gasteiger partial charge in [0.25, 0.3) is 5.56 Å². The lowest BCUT2D eigenvalue weighted by atomic mass is 9.87. The Labute approximate surface area is 122 Å². The number of fused-ring (bicyclic) bond motifs is 1. The predicted molar refractivity (Wildman–Crippen MR) is 78.0 cm³/mol. The summed E-state index contributed by atoms with van der Waals surface area (Å²) in [4.78, 5) is 27.5.